The van der Waals surface area contributed by atoms with Gasteiger partial charge in [-0.3, -0.25) is 10.1 Å². The Morgan fingerprint density at radius 2 is 2.15 bits per heavy atom. The molecular weight excluding hydrogens is 262 g/mol. The van der Waals surface area contributed by atoms with Crippen LogP contribution in [0.2, 0.25) is 0 Å². The summed E-state index contributed by atoms with van der Waals surface area (Å²) in [5, 5.41) is 22.8. The maximum Gasteiger partial charge on any atom is 0.342 e. The fourth-order valence-corrected chi connectivity index (χ4v) is 1.61. The molecule has 20 heavy (non-hydrogen) atoms. The summed E-state index contributed by atoms with van der Waals surface area (Å²) in [6.07, 6.45) is 0. The van der Waals surface area contributed by atoms with E-state index in [-0.39, 0.29) is 5.56 Å². The van der Waals surface area contributed by atoms with E-state index in [9.17, 15) is 14.9 Å². The topological polar surface area (TPSA) is 95.7 Å². The molecule has 1 aromatic carbocycles. The summed E-state index contributed by atoms with van der Waals surface area (Å²) in [4.78, 5) is 23.2. The minimum absolute atomic E-state index is 0.306. The molecule has 7 heteroatoms. The van der Waals surface area contributed by atoms with Gasteiger partial charge in [-0.25, -0.2) is 4.79 Å². The second-order valence-corrected chi connectivity index (χ2v) is 4.80. The van der Waals surface area contributed by atoms with Crippen molar-refractivity contribution in [2.75, 3.05) is 25.5 Å². The van der Waals surface area contributed by atoms with Gasteiger partial charge in [-0.1, -0.05) is 0 Å². The van der Waals surface area contributed by atoms with Gasteiger partial charge in [0.1, 0.15) is 5.56 Å². The quantitative estimate of drug-likeness (QED) is 0.586. The summed E-state index contributed by atoms with van der Waals surface area (Å²) in [6.45, 7) is 5.56. The molecule has 2 N–H and O–H groups in total. The van der Waals surface area contributed by atoms with Crippen molar-refractivity contribution >= 4 is 17.3 Å². The Morgan fingerprint density at radius 3 is 2.65 bits per heavy atom. The van der Waals surface area contributed by atoms with Crippen LogP contribution in [0.4, 0.5) is 11.4 Å². The van der Waals surface area contributed by atoms with Crippen molar-refractivity contribution in [3.8, 4) is 0 Å². The average molecular weight is 281 g/mol. The summed E-state index contributed by atoms with van der Waals surface area (Å²) in [5.74, 6) is -1.30. The molecule has 1 rings (SSSR count). The Kier molecular flexibility index (Phi) is 5.45. The maximum absolute atomic E-state index is 10.9. The van der Waals surface area contributed by atoms with Gasteiger partial charge >= 0.3 is 5.97 Å². The molecule has 0 saturated carbocycles. The van der Waals surface area contributed by atoms with Gasteiger partial charge in [0.05, 0.1) is 4.92 Å². The highest BCUT2D eigenvalue weighted by Crippen LogP contribution is 2.23. The van der Waals surface area contributed by atoms with E-state index in [1.54, 1.807) is 0 Å². The standard InChI is InChI=1S/C13H19N3O4/c1-9(2)15(3)7-6-14-10-4-5-11(13(17)18)12(8-10)16(19)20/h4-5,8-9,14H,6-7H2,1-3H3,(H,17,18). The first-order valence-electron chi connectivity index (χ1n) is 6.28. The van der Waals surface area contributed by atoms with E-state index in [4.69, 9.17) is 5.11 Å². The second-order valence-electron chi connectivity index (χ2n) is 4.80. The van der Waals surface area contributed by atoms with E-state index in [1.807, 2.05) is 7.05 Å². The van der Waals surface area contributed by atoms with Crippen molar-refractivity contribution in [2.45, 2.75) is 19.9 Å². The van der Waals surface area contributed by atoms with Crippen LogP contribution >= 0.6 is 0 Å². The zero-order valence-corrected chi connectivity index (χ0v) is 11.8. The molecule has 0 aliphatic carbocycles. The molecule has 0 amide bonds. The number of nitro benzene ring substituents is 1. The first kappa shape index (κ1) is 15.9. The molecule has 7 nitrogen and oxygen atoms in total. The zero-order chi connectivity index (χ0) is 15.3. The summed E-state index contributed by atoms with van der Waals surface area (Å²) < 4.78 is 0. The number of nitrogens with zero attached hydrogens (tertiary/aromatic N) is 2. The molecular formula is C13H19N3O4. The van der Waals surface area contributed by atoms with E-state index in [0.29, 0.717) is 18.3 Å². The van der Waals surface area contributed by atoms with E-state index in [2.05, 4.69) is 24.1 Å². The van der Waals surface area contributed by atoms with Crippen LogP contribution in [0.5, 0.6) is 0 Å². The van der Waals surface area contributed by atoms with Gasteiger partial charge in [-0.2, -0.15) is 0 Å². The van der Waals surface area contributed by atoms with E-state index < -0.39 is 16.6 Å². The highest BCUT2D eigenvalue weighted by molar-refractivity contribution is 5.93. The molecule has 0 unspecified atom stereocenters. The van der Waals surface area contributed by atoms with Crippen molar-refractivity contribution in [1.29, 1.82) is 0 Å². The summed E-state index contributed by atoms with van der Waals surface area (Å²) >= 11 is 0. The number of nitrogens with one attached hydrogen (secondary N) is 1. The Hall–Kier alpha value is -2.15. The fourth-order valence-electron chi connectivity index (χ4n) is 1.61. The van der Waals surface area contributed by atoms with Crippen molar-refractivity contribution in [3.63, 3.8) is 0 Å². The van der Waals surface area contributed by atoms with Crippen molar-refractivity contribution in [1.82, 2.24) is 4.90 Å². The molecule has 0 saturated heterocycles. The Bertz CT molecular complexity index is 502. The van der Waals surface area contributed by atoms with E-state index in [0.717, 1.165) is 6.54 Å². The van der Waals surface area contributed by atoms with Gasteiger partial charge < -0.3 is 15.3 Å². The number of nitro groups is 1. The molecule has 0 heterocycles. The maximum atomic E-state index is 10.9. The smallest absolute Gasteiger partial charge is 0.342 e. The number of hydrogen-bond donors (Lipinski definition) is 2. The highest BCUT2D eigenvalue weighted by atomic mass is 16.6. The molecule has 0 bridgehead atoms. The van der Waals surface area contributed by atoms with Crippen molar-refractivity contribution in [3.05, 3.63) is 33.9 Å². The Balaban J connectivity index is 2.75. The minimum atomic E-state index is -1.30. The summed E-state index contributed by atoms with van der Waals surface area (Å²) in [5.41, 5.74) is -0.168. The lowest BCUT2D eigenvalue weighted by atomic mass is 10.1. The van der Waals surface area contributed by atoms with Crippen molar-refractivity contribution < 1.29 is 14.8 Å². The van der Waals surface area contributed by atoms with Crippen LogP contribution in [0.15, 0.2) is 18.2 Å². The number of anilines is 1. The molecule has 110 valence electrons. The normalized spacial score (nSPS) is 10.8. The third-order valence-corrected chi connectivity index (χ3v) is 3.10. The van der Waals surface area contributed by atoms with Crippen LogP contribution in [-0.4, -0.2) is 47.1 Å². The first-order valence-corrected chi connectivity index (χ1v) is 6.28. The molecule has 0 atom stereocenters. The SMILES string of the molecule is CC(C)N(C)CCNc1ccc(C(=O)O)c([N+](=O)[O-])c1. The molecule has 0 aliphatic rings. The number of carboxylic acids is 1. The minimum Gasteiger partial charge on any atom is -0.477 e. The number of carboxylic acid groups (broad SMARTS) is 1. The van der Waals surface area contributed by atoms with Gasteiger partial charge in [0.15, 0.2) is 0 Å². The van der Waals surface area contributed by atoms with Crippen LogP contribution < -0.4 is 5.32 Å². The Morgan fingerprint density at radius 1 is 1.50 bits per heavy atom. The van der Waals surface area contributed by atoms with Gasteiger partial charge in [0.25, 0.3) is 5.69 Å². The highest BCUT2D eigenvalue weighted by Gasteiger charge is 2.19. The van der Waals surface area contributed by atoms with E-state index in [1.165, 1.54) is 18.2 Å². The van der Waals surface area contributed by atoms with Crippen molar-refractivity contribution in [2.24, 2.45) is 0 Å². The van der Waals surface area contributed by atoms with Crippen LogP contribution in [0, 0.1) is 10.1 Å². The zero-order valence-electron chi connectivity index (χ0n) is 11.8. The summed E-state index contributed by atoms with van der Waals surface area (Å²) in [7, 11) is 1.99. The van der Waals surface area contributed by atoms with Gasteiger partial charge in [0, 0.05) is 30.9 Å². The lowest BCUT2D eigenvalue weighted by Crippen LogP contribution is -2.31. The number of carbonyl (C=O) groups is 1. The first-order chi connectivity index (χ1) is 9.32. The van der Waals surface area contributed by atoms with Crippen LogP contribution in [0.25, 0.3) is 0 Å². The number of likely N-dealkylation sites (N-methyl/N-ethyl adjacent to an activating group) is 1. The second kappa shape index (κ2) is 6.85. The fraction of sp³-hybridized carbons (Fsp3) is 0.462. The molecule has 0 fully saturated rings. The third kappa shape index (κ3) is 4.20. The molecule has 1 aromatic rings. The monoisotopic (exact) mass is 281 g/mol. The third-order valence-electron chi connectivity index (χ3n) is 3.10. The number of rotatable bonds is 7. The predicted octanol–water partition coefficient (Wildman–Crippen LogP) is 2.05. The Labute approximate surface area is 117 Å². The number of aromatic carboxylic acids is 1. The van der Waals surface area contributed by atoms with Crippen LogP contribution in [0.3, 0.4) is 0 Å². The van der Waals surface area contributed by atoms with E-state index >= 15 is 0 Å². The van der Waals surface area contributed by atoms with Crippen LogP contribution in [-0.2, 0) is 0 Å². The lowest BCUT2D eigenvalue weighted by molar-refractivity contribution is -0.385. The lowest BCUT2D eigenvalue weighted by Gasteiger charge is -2.21. The van der Waals surface area contributed by atoms with Gasteiger partial charge in [-0.15, -0.1) is 0 Å². The predicted molar refractivity (Wildman–Crippen MR) is 76.3 cm³/mol. The van der Waals surface area contributed by atoms with Crippen LogP contribution in [0.1, 0.15) is 24.2 Å². The number of hydrogen-bond acceptors (Lipinski definition) is 5. The molecule has 0 aliphatic heterocycles. The largest absolute Gasteiger partial charge is 0.477 e. The average Bonchev–Trinajstić information content (AvgIpc) is 2.37. The van der Waals surface area contributed by atoms with Gasteiger partial charge in [-0.05, 0) is 33.0 Å². The molecule has 0 radical (unpaired) electrons. The molecule has 0 spiro atoms. The molecule has 0 aromatic heterocycles. The number of benzene rings is 1. The van der Waals surface area contributed by atoms with Gasteiger partial charge in [0.2, 0.25) is 0 Å². The summed E-state index contributed by atoms with van der Waals surface area (Å²) in [6, 6.07) is 4.44.